The summed E-state index contributed by atoms with van der Waals surface area (Å²) in [5.41, 5.74) is 2.73. The van der Waals surface area contributed by atoms with Crippen LogP contribution in [-0.4, -0.2) is 50.8 Å². The monoisotopic (exact) mass is 534 g/mol. The zero-order valence-electron chi connectivity index (χ0n) is 19.9. The van der Waals surface area contributed by atoms with E-state index in [1.165, 1.54) is 6.33 Å². The topological polar surface area (TPSA) is 157 Å². The van der Waals surface area contributed by atoms with Crippen LogP contribution in [0.2, 0.25) is 0 Å². The zero-order chi connectivity index (χ0) is 26.1. The van der Waals surface area contributed by atoms with Crippen LogP contribution in [0.15, 0.2) is 53.8 Å². The molecule has 12 nitrogen and oxygen atoms in total. The summed E-state index contributed by atoms with van der Waals surface area (Å²) in [6, 6.07) is 10.4. The lowest BCUT2D eigenvalue weighted by molar-refractivity contribution is -0.118. The van der Waals surface area contributed by atoms with E-state index in [0.717, 1.165) is 12.0 Å². The molecule has 13 heteroatoms. The SMILES string of the molecule is O=C1COc2ccc(CNC(=O)c3ncnc4c(NS(=O)c5ccc6c(c5)OCCCO6)c[nH]c34)cc2N1. The van der Waals surface area contributed by atoms with Crippen LogP contribution in [-0.2, 0) is 22.3 Å². The Kier molecular flexibility index (Phi) is 6.25. The number of anilines is 2. The minimum Gasteiger partial charge on any atom is -0.490 e. The molecular formula is C25H22N6O6S. The lowest BCUT2D eigenvalue weighted by atomic mass is 10.1. The molecule has 6 rings (SSSR count). The van der Waals surface area contributed by atoms with Crippen LogP contribution in [0.4, 0.5) is 11.4 Å². The molecule has 0 saturated heterocycles. The highest BCUT2D eigenvalue weighted by atomic mass is 32.2. The summed E-state index contributed by atoms with van der Waals surface area (Å²) in [5.74, 6) is 1.08. The van der Waals surface area contributed by atoms with Crippen molar-refractivity contribution in [3.05, 3.63) is 60.2 Å². The van der Waals surface area contributed by atoms with Gasteiger partial charge in [0.2, 0.25) is 0 Å². The fourth-order valence-electron chi connectivity index (χ4n) is 4.11. The molecule has 4 aromatic rings. The Morgan fingerprint density at radius 3 is 2.76 bits per heavy atom. The number of carbonyl (C=O) groups excluding carboxylic acids is 2. The van der Waals surface area contributed by atoms with Crippen molar-refractivity contribution in [3.63, 3.8) is 0 Å². The summed E-state index contributed by atoms with van der Waals surface area (Å²) in [4.78, 5) is 36.5. The second-order valence-corrected chi connectivity index (χ2v) is 9.74. The molecule has 2 aliphatic heterocycles. The molecule has 4 N–H and O–H groups in total. The number of aromatic nitrogens is 3. The third-order valence-electron chi connectivity index (χ3n) is 5.94. The lowest BCUT2D eigenvalue weighted by Gasteiger charge is -2.18. The normalized spacial score (nSPS) is 15.0. The van der Waals surface area contributed by atoms with Crippen molar-refractivity contribution >= 4 is 45.2 Å². The minimum atomic E-state index is -1.63. The molecule has 2 amide bonds. The van der Waals surface area contributed by atoms with Gasteiger partial charge >= 0.3 is 0 Å². The average molecular weight is 535 g/mol. The van der Waals surface area contributed by atoms with E-state index in [2.05, 4.69) is 30.3 Å². The number of aromatic amines is 1. The molecule has 2 aromatic carbocycles. The average Bonchev–Trinajstić information content (AvgIpc) is 3.18. The molecule has 0 aliphatic carbocycles. The Hall–Kier alpha value is -4.65. The van der Waals surface area contributed by atoms with Crippen LogP contribution in [0.25, 0.3) is 11.0 Å². The smallest absolute Gasteiger partial charge is 0.272 e. The Bertz CT molecular complexity index is 1590. The largest absolute Gasteiger partial charge is 0.490 e. The first-order chi connectivity index (χ1) is 18.5. The molecule has 1 atom stereocenters. The maximum Gasteiger partial charge on any atom is 0.272 e. The van der Waals surface area contributed by atoms with Gasteiger partial charge in [0.1, 0.15) is 17.6 Å². The molecule has 4 heterocycles. The van der Waals surface area contributed by atoms with Crippen LogP contribution in [0, 0.1) is 0 Å². The van der Waals surface area contributed by atoms with Gasteiger partial charge in [0.25, 0.3) is 11.8 Å². The first kappa shape index (κ1) is 23.7. The van der Waals surface area contributed by atoms with Crippen molar-refractivity contribution in [2.45, 2.75) is 17.9 Å². The van der Waals surface area contributed by atoms with Crippen LogP contribution in [0.5, 0.6) is 17.2 Å². The molecule has 38 heavy (non-hydrogen) atoms. The highest BCUT2D eigenvalue weighted by Gasteiger charge is 2.20. The fraction of sp³-hybridized carbons (Fsp3) is 0.200. The van der Waals surface area contributed by atoms with Gasteiger partial charge in [0, 0.05) is 25.2 Å². The third kappa shape index (κ3) is 4.70. The van der Waals surface area contributed by atoms with Crippen molar-refractivity contribution < 1.29 is 28.0 Å². The molecule has 0 spiro atoms. The van der Waals surface area contributed by atoms with Crippen molar-refractivity contribution in [3.8, 4) is 17.2 Å². The van der Waals surface area contributed by atoms with Gasteiger partial charge in [-0.15, -0.1) is 0 Å². The molecule has 0 bridgehead atoms. The maximum atomic E-state index is 13.1. The third-order valence-corrected chi connectivity index (χ3v) is 7.03. The van der Waals surface area contributed by atoms with Gasteiger partial charge in [0.05, 0.1) is 35.0 Å². The summed E-state index contributed by atoms with van der Waals surface area (Å²) in [6.07, 6.45) is 3.64. The Balaban J connectivity index is 1.17. The zero-order valence-corrected chi connectivity index (χ0v) is 20.7. The number of rotatable bonds is 6. The van der Waals surface area contributed by atoms with Crippen LogP contribution in [0.1, 0.15) is 22.5 Å². The van der Waals surface area contributed by atoms with E-state index in [9.17, 15) is 13.8 Å². The van der Waals surface area contributed by atoms with Crippen LogP contribution >= 0.6 is 0 Å². The maximum absolute atomic E-state index is 13.1. The van der Waals surface area contributed by atoms with Gasteiger partial charge in [-0.25, -0.2) is 14.2 Å². The number of hydrogen-bond acceptors (Lipinski definition) is 8. The Morgan fingerprint density at radius 1 is 1.03 bits per heavy atom. The van der Waals surface area contributed by atoms with Gasteiger partial charge in [-0.1, -0.05) is 6.07 Å². The van der Waals surface area contributed by atoms with Gasteiger partial charge in [-0.05, 0) is 29.8 Å². The van der Waals surface area contributed by atoms with Gasteiger partial charge in [0.15, 0.2) is 34.8 Å². The summed E-state index contributed by atoms with van der Waals surface area (Å²) < 4.78 is 32.7. The van der Waals surface area contributed by atoms with Gasteiger partial charge in [-0.2, -0.15) is 0 Å². The molecule has 194 valence electrons. The number of benzene rings is 2. The molecule has 2 aliphatic rings. The summed E-state index contributed by atoms with van der Waals surface area (Å²) in [5, 5.41) is 5.57. The predicted molar refractivity (Wildman–Crippen MR) is 138 cm³/mol. The number of nitrogens with zero attached hydrogens (tertiary/aromatic N) is 2. The quantitative estimate of drug-likeness (QED) is 0.294. The number of fused-ring (bicyclic) bond motifs is 3. The fourth-order valence-corrected chi connectivity index (χ4v) is 4.99. The Morgan fingerprint density at radius 2 is 1.87 bits per heavy atom. The number of hydrogen-bond donors (Lipinski definition) is 4. The van der Waals surface area contributed by atoms with Crippen molar-refractivity contribution in [2.24, 2.45) is 0 Å². The minimum absolute atomic E-state index is 0.0237. The van der Waals surface area contributed by atoms with Crippen molar-refractivity contribution in [1.29, 1.82) is 0 Å². The number of nitrogens with one attached hydrogen (secondary N) is 4. The van der Waals surface area contributed by atoms with E-state index >= 15 is 0 Å². The molecule has 0 radical (unpaired) electrons. The van der Waals surface area contributed by atoms with E-state index in [0.29, 0.717) is 57.8 Å². The summed E-state index contributed by atoms with van der Waals surface area (Å²) in [7, 11) is -1.63. The molecule has 0 saturated carbocycles. The lowest BCUT2D eigenvalue weighted by Crippen LogP contribution is -2.26. The van der Waals surface area contributed by atoms with E-state index in [1.54, 1.807) is 42.6 Å². The number of carbonyl (C=O) groups is 2. The van der Waals surface area contributed by atoms with Gasteiger partial charge < -0.3 is 29.8 Å². The number of amides is 2. The second-order valence-electron chi connectivity index (χ2n) is 8.53. The van der Waals surface area contributed by atoms with E-state index in [-0.39, 0.29) is 24.8 Å². The number of H-pyrrole nitrogens is 1. The predicted octanol–water partition coefficient (Wildman–Crippen LogP) is 2.51. The van der Waals surface area contributed by atoms with Gasteiger partial charge in [-0.3, -0.25) is 14.3 Å². The van der Waals surface area contributed by atoms with E-state index in [1.807, 2.05) is 0 Å². The number of ether oxygens (including phenoxy) is 3. The highest BCUT2D eigenvalue weighted by Crippen LogP contribution is 2.32. The molecule has 1 unspecified atom stereocenters. The summed E-state index contributed by atoms with van der Waals surface area (Å²) in [6.45, 7) is 1.27. The summed E-state index contributed by atoms with van der Waals surface area (Å²) >= 11 is 0. The first-order valence-electron chi connectivity index (χ1n) is 11.8. The first-order valence-corrected chi connectivity index (χ1v) is 12.9. The Labute approximate surface area is 218 Å². The van der Waals surface area contributed by atoms with Crippen molar-refractivity contribution in [2.75, 3.05) is 29.9 Å². The standard InChI is InChI=1S/C25H22N6O6S/c32-21-12-37-18-4-2-14(8-16(18)30-21)10-27-25(33)24-23-22(28-13-29-24)17(11-26-23)31-38(34)15-3-5-19-20(9-15)36-7-1-6-35-19/h2-5,8-9,11,13,26,31H,1,6-7,10,12H2,(H,27,33)(H,30,32). The van der Waals surface area contributed by atoms with E-state index in [4.69, 9.17) is 14.2 Å². The van der Waals surface area contributed by atoms with Crippen molar-refractivity contribution in [1.82, 2.24) is 20.3 Å². The second kappa shape index (κ2) is 10.0. The highest BCUT2D eigenvalue weighted by molar-refractivity contribution is 7.86. The molecular weight excluding hydrogens is 512 g/mol. The van der Waals surface area contributed by atoms with Crippen LogP contribution < -0.4 is 29.6 Å². The van der Waals surface area contributed by atoms with Crippen LogP contribution in [0.3, 0.4) is 0 Å². The molecule has 0 fully saturated rings. The molecule has 2 aromatic heterocycles. The van der Waals surface area contributed by atoms with E-state index < -0.39 is 16.9 Å².